The largest absolute Gasteiger partial charge is 0.227 e. The van der Waals surface area contributed by atoms with E-state index < -0.39 is 0 Å². The van der Waals surface area contributed by atoms with Crippen LogP contribution in [0.15, 0.2) is 54.6 Å². The zero-order valence-corrected chi connectivity index (χ0v) is 10.3. The van der Waals surface area contributed by atoms with Crippen molar-refractivity contribution in [3.63, 3.8) is 0 Å². The molecule has 0 aliphatic heterocycles. The molecule has 0 spiro atoms. The van der Waals surface area contributed by atoms with Crippen molar-refractivity contribution in [2.75, 3.05) is 0 Å². The molecular formula is C15H12N4. The van der Waals surface area contributed by atoms with Gasteiger partial charge in [0.2, 0.25) is 0 Å². The number of nitriles is 1. The maximum Gasteiger partial charge on any atom is 0.145 e. The maximum absolute atomic E-state index is 9.38. The summed E-state index contributed by atoms with van der Waals surface area (Å²) in [5, 5.41) is 17.6. The zero-order valence-electron chi connectivity index (χ0n) is 10.3. The molecule has 4 nitrogen and oxygen atoms in total. The van der Waals surface area contributed by atoms with E-state index in [0.717, 1.165) is 16.6 Å². The standard InChI is InChI=1S/C15H12N4/c16-11-13(10-12-6-2-1-3-7-12)19-15-9-5-4-8-14(15)17-18-19/h1-9,13H,10H2. The summed E-state index contributed by atoms with van der Waals surface area (Å²) in [7, 11) is 0. The van der Waals surface area contributed by atoms with Gasteiger partial charge in [-0.1, -0.05) is 47.7 Å². The molecule has 1 heterocycles. The van der Waals surface area contributed by atoms with E-state index in [1.807, 2.05) is 54.6 Å². The minimum Gasteiger partial charge on any atom is -0.227 e. The van der Waals surface area contributed by atoms with Crippen molar-refractivity contribution in [1.82, 2.24) is 15.0 Å². The van der Waals surface area contributed by atoms with Crippen molar-refractivity contribution in [2.24, 2.45) is 0 Å². The molecule has 0 N–H and O–H groups in total. The third-order valence-corrected chi connectivity index (χ3v) is 3.09. The average molecular weight is 248 g/mol. The lowest BCUT2D eigenvalue weighted by Gasteiger charge is -2.09. The summed E-state index contributed by atoms with van der Waals surface area (Å²) in [6.07, 6.45) is 0.630. The van der Waals surface area contributed by atoms with Crippen molar-refractivity contribution in [3.05, 3.63) is 60.2 Å². The fourth-order valence-electron chi connectivity index (χ4n) is 2.14. The van der Waals surface area contributed by atoms with Crippen LogP contribution in [0.25, 0.3) is 11.0 Å². The Morgan fingerprint density at radius 2 is 1.79 bits per heavy atom. The Balaban J connectivity index is 1.97. The average Bonchev–Trinajstić information content (AvgIpc) is 2.90. The minimum atomic E-state index is -0.338. The number of benzene rings is 2. The fourth-order valence-corrected chi connectivity index (χ4v) is 2.14. The van der Waals surface area contributed by atoms with Crippen molar-refractivity contribution < 1.29 is 0 Å². The second-order valence-electron chi connectivity index (χ2n) is 4.36. The topological polar surface area (TPSA) is 54.5 Å². The summed E-state index contributed by atoms with van der Waals surface area (Å²) in [4.78, 5) is 0. The van der Waals surface area contributed by atoms with Crippen molar-refractivity contribution in [2.45, 2.75) is 12.5 Å². The lowest BCUT2D eigenvalue weighted by Crippen LogP contribution is -2.11. The van der Waals surface area contributed by atoms with Gasteiger partial charge < -0.3 is 0 Å². The van der Waals surface area contributed by atoms with Gasteiger partial charge in [-0.15, -0.1) is 5.10 Å². The normalized spacial score (nSPS) is 12.2. The Morgan fingerprint density at radius 1 is 1.05 bits per heavy atom. The van der Waals surface area contributed by atoms with Crippen LogP contribution in [0.4, 0.5) is 0 Å². The predicted octanol–water partition coefficient (Wildman–Crippen LogP) is 2.74. The third-order valence-electron chi connectivity index (χ3n) is 3.09. The van der Waals surface area contributed by atoms with E-state index in [2.05, 4.69) is 16.4 Å². The first-order valence-electron chi connectivity index (χ1n) is 6.12. The SMILES string of the molecule is N#CC(Cc1ccccc1)n1nnc2ccccc21. The molecule has 0 saturated carbocycles. The van der Waals surface area contributed by atoms with Crippen LogP contribution >= 0.6 is 0 Å². The summed E-state index contributed by atoms with van der Waals surface area (Å²) in [6, 6.07) is 19.6. The highest BCUT2D eigenvalue weighted by Crippen LogP contribution is 2.18. The van der Waals surface area contributed by atoms with E-state index in [1.165, 1.54) is 0 Å². The molecule has 3 rings (SSSR count). The molecule has 4 heteroatoms. The van der Waals surface area contributed by atoms with Gasteiger partial charge in [0, 0.05) is 6.42 Å². The molecular weight excluding hydrogens is 236 g/mol. The number of hydrogen-bond donors (Lipinski definition) is 0. The Bertz CT molecular complexity index is 724. The zero-order chi connectivity index (χ0) is 13.1. The van der Waals surface area contributed by atoms with E-state index in [1.54, 1.807) is 4.68 Å². The first kappa shape index (κ1) is 11.4. The molecule has 0 saturated heterocycles. The van der Waals surface area contributed by atoms with Gasteiger partial charge in [0.1, 0.15) is 11.6 Å². The van der Waals surface area contributed by atoms with Crippen LogP contribution in [0, 0.1) is 11.3 Å². The van der Waals surface area contributed by atoms with Crippen LogP contribution in [0.1, 0.15) is 11.6 Å². The quantitative estimate of drug-likeness (QED) is 0.716. The van der Waals surface area contributed by atoms with Crippen LogP contribution < -0.4 is 0 Å². The van der Waals surface area contributed by atoms with Crippen molar-refractivity contribution in [3.8, 4) is 6.07 Å². The molecule has 19 heavy (non-hydrogen) atoms. The second-order valence-corrected chi connectivity index (χ2v) is 4.36. The summed E-state index contributed by atoms with van der Waals surface area (Å²) in [5.41, 5.74) is 2.83. The minimum absolute atomic E-state index is 0.338. The Hall–Kier alpha value is -2.67. The smallest absolute Gasteiger partial charge is 0.145 e. The highest BCUT2D eigenvalue weighted by molar-refractivity contribution is 5.74. The molecule has 1 atom stereocenters. The third kappa shape index (κ3) is 2.18. The van der Waals surface area contributed by atoms with Gasteiger partial charge in [0.15, 0.2) is 0 Å². The van der Waals surface area contributed by atoms with E-state index in [9.17, 15) is 5.26 Å². The molecule has 0 radical (unpaired) electrons. The maximum atomic E-state index is 9.38. The van der Waals surface area contributed by atoms with E-state index >= 15 is 0 Å². The molecule has 0 aliphatic carbocycles. The molecule has 92 valence electrons. The highest BCUT2D eigenvalue weighted by Gasteiger charge is 2.15. The first-order chi connectivity index (χ1) is 9.38. The summed E-state index contributed by atoms with van der Waals surface area (Å²) < 4.78 is 1.70. The molecule has 0 bridgehead atoms. The number of rotatable bonds is 3. The number of aromatic nitrogens is 3. The lowest BCUT2D eigenvalue weighted by molar-refractivity contribution is 0.543. The Labute approximate surface area is 110 Å². The van der Waals surface area contributed by atoms with Crippen molar-refractivity contribution >= 4 is 11.0 Å². The van der Waals surface area contributed by atoms with Crippen molar-refractivity contribution in [1.29, 1.82) is 5.26 Å². The Kier molecular flexibility index (Phi) is 2.95. The molecule has 2 aromatic carbocycles. The highest BCUT2D eigenvalue weighted by atomic mass is 15.4. The second kappa shape index (κ2) is 4.91. The monoisotopic (exact) mass is 248 g/mol. The van der Waals surface area contributed by atoms with Gasteiger partial charge in [-0.3, -0.25) is 0 Å². The predicted molar refractivity (Wildman–Crippen MR) is 72.3 cm³/mol. The van der Waals surface area contributed by atoms with Gasteiger partial charge in [0.25, 0.3) is 0 Å². The molecule has 1 unspecified atom stereocenters. The van der Waals surface area contributed by atoms with E-state index in [4.69, 9.17) is 0 Å². The number of nitrogens with zero attached hydrogens (tertiary/aromatic N) is 4. The van der Waals surface area contributed by atoms with Crippen LogP contribution in [-0.2, 0) is 6.42 Å². The summed E-state index contributed by atoms with van der Waals surface area (Å²) >= 11 is 0. The van der Waals surface area contributed by atoms with E-state index in [-0.39, 0.29) is 6.04 Å². The lowest BCUT2D eigenvalue weighted by atomic mass is 10.1. The van der Waals surface area contributed by atoms with Gasteiger partial charge in [-0.2, -0.15) is 5.26 Å². The van der Waals surface area contributed by atoms with Gasteiger partial charge in [0.05, 0.1) is 11.6 Å². The Morgan fingerprint density at radius 3 is 2.58 bits per heavy atom. The summed E-state index contributed by atoms with van der Waals surface area (Å²) in [5.74, 6) is 0. The molecule has 1 aromatic heterocycles. The molecule has 3 aromatic rings. The molecule has 0 fully saturated rings. The van der Waals surface area contributed by atoms with Gasteiger partial charge in [-0.05, 0) is 17.7 Å². The molecule has 0 amide bonds. The first-order valence-corrected chi connectivity index (χ1v) is 6.12. The number of para-hydroxylation sites is 1. The van der Waals surface area contributed by atoms with Crippen LogP contribution in [0.5, 0.6) is 0 Å². The fraction of sp³-hybridized carbons (Fsp3) is 0.133. The number of hydrogen-bond acceptors (Lipinski definition) is 3. The molecule has 0 aliphatic rings. The van der Waals surface area contributed by atoms with Crippen LogP contribution in [0.2, 0.25) is 0 Å². The van der Waals surface area contributed by atoms with Gasteiger partial charge >= 0.3 is 0 Å². The van der Waals surface area contributed by atoms with E-state index in [0.29, 0.717) is 6.42 Å². The van der Waals surface area contributed by atoms with Gasteiger partial charge in [-0.25, -0.2) is 4.68 Å². The van der Waals surface area contributed by atoms with Crippen LogP contribution in [0.3, 0.4) is 0 Å². The van der Waals surface area contributed by atoms with Crippen LogP contribution in [-0.4, -0.2) is 15.0 Å². The summed E-state index contributed by atoms with van der Waals surface area (Å²) in [6.45, 7) is 0. The number of fused-ring (bicyclic) bond motifs is 1.